The lowest BCUT2D eigenvalue weighted by Gasteiger charge is -2.10. The van der Waals surface area contributed by atoms with Gasteiger partial charge in [-0.15, -0.1) is 0 Å². The smallest absolute Gasteiger partial charge is 0.122 e. The summed E-state index contributed by atoms with van der Waals surface area (Å²) in [4.78, 5) is 0. The summed E-state index contributed by atoms with van der Waals surface area (Å²) < 4.78 is 11.2. The largest absolute Gasteiger partial charge is 0.496 e. The highest BCUT2D eigenvalue weighted by molar-refractivity contribution is 5.41. The molecule has 0 N–H and O–H groups in total. The van der Waals surface area contributed by atoms with Crippen molar-refractivity contribution in [3.63, 3.8) is 0 Å². The van der Waals surface area contributed by atoms with Crippen molar-refractivity contribution < 1.29 is 9.47 Å². The standard InChI is InChI=1S/C19H22O2/c1-3-21-18-10-6-4-8-14(18)12-15-13-17(15)16-9-5-7-11-19(16)20-2/h4-11,15,17H,3,12-13H2,1-2H3. The van der Waals surface area contributed by atoms with Crippen molar-refractivity contribution in [2.75, 3.05) is 13.7 Å². The summed E-state index contributed by atoms with van der Waals surface area (Å²) in [6.45, 7) is 2.75. The third-order valence-corrected chi connectivity index (χ3v) is 4.22. The Bertz CT molecular complexity index is 606. The molecule has 2 unspecified atom stereocenters. The Kier molecular flexibility index (Phi) is 4.14. The van der Waals surface area contributed by atoms with Crippen molar-refractivity contribution in [1.82, 2.24) is 0 Å². The molecule has 110 valence electrons. The SMILES string of the molecule is CCOc1ccccc1CC1CC1c1ccccc1OC. The molecule has 0 amide bonds. The molecule has 0 radical (unpaired) electrons. The molecule has 2 heteroatoms. The number of ether oxygens (including phenoxy) is 2. The average Bonchev–Trinajstić information content (AvgIpc) is 3.28. The van der Waals surface area contributed by atoms with Crippen molar-refractivity contribution >= 4 is 0 Å². The molecule has 2 aromatic carbocycles. The Morgan fingerprint density at radius 3 is 2.48 bits per heavy atom. The molecule has 0 heterocycles. The summed E-state index contributed by atoms with van der Waals surface area (Å²) in [5, 5.41) is 0. The Hall–Kier alpha value is -1.96. The van der Waals surface area contributed by atoms with Crippen molar-refractivity contribution in [1.29, 1.82) is 0 Å². The predicted octanol–water partition coefficient (Wildman–Crippen LogP) is 4.44. The molecule has 1 fully saturated rings. The van der Waals surface area contributed by atoms with Crippen LogP contribution in [0.2, 0.25) is 0 Å². The summed E-state index contributed by atoms with van der Waals surface area (Å²) in [6, 6.07) is 16.8. The van der Waals surface area contributed by atoms with Crippen molar-refractivity contribution in [2.24, 2.45) is 5.92 Å². The van der Waals surface area contributed by atoms with Gasteiger partial charge in [0.25, 0.3) is 0 Å². The van der Waals surface area contributed by atoms with Crippen LogP contribution in [0.5, 0.6) is 11.5 Å². The van der Waals surface area contributed by atoms with E-state index in [2.05, 4.69) is 36.4 Å². The zero-order valence-electron chi connectivity index (χ0n) is 12.7. The maximum atomic E-state index is 5.73. The van der Waals surface area contributed by atoms with Gasteiger partial charge in [0.2, 0.25) is 0 Å². The molecule has 2 nitrogen and oxygen atoms in total. The Balaban J connectivity index is 1.72. The third-order valence-electron chi connectivity index (χ3n) is 4.22. The third kappa shape index (κ3) is 3.05. The second-order valence-corrected chi connectivity index (χ2v) is 5.59. The quantitative estimate of drug-likeness (QED) is 0.780. The highest BCUT2D eigenvalue weighted by atomic mass is 16.5. The summed E-state index contributed by atoms with van der Waals surface area (Å²) in [7, 11) is 1.75. The lowest BCUT2D eigenvalue weighted by Crippen LogP contribution is -1.98. The first-order valence-corrected chi connectivity index (χ1v) is 7.67. The predicted molar refractivity (Wildman–Crippen MR) is 85.2 cm³/mol. The number of hydrogen-bond acceptors (Lipinski definition) is 2. The van der Waals surface area contributed by atoms with Gasteiger partial charge in [-0.1, -0.05) is 36.4 Å². The Labute approximate surface area is 126 Å². The van der Waals surface area contributed by atoms with Crippen LogP contribution in [-0.4, -0.2) is 13.7 Å². The molecule has 2 atom stereocenters. The fourth-order valence-electron chi connectivity index (χ4n) is 3.08. The van der Waals surface area contributed by atoms with Gasteiger partial charge in [0.05, 0.1) is 13.7 Å². The van der Waals surface area contributed by atoms with E-state index < -0.39 is 0 Å². The highest BCUT2D eigenvalue weighted by Gasteiger charge is 2.40. The van der Waals surface area contributed by atoms with Gasteiger partial charge >= 0.3 is 0 Å². The van der Waals surface area contributed by atoms with Crippen LogP contribution in [0.3, 0.4) is 0 Å². The minimum absolute atomic E-state index is 0.621. The van der Waals surface area contributed by atoms with E-state index in [4.69, 9.17) is 9.47 Å². The van der Waals surface area contributed by atoms with Gasteiger partial charge < -0.3 is 9.47 Å². The van der Waals surface area contributed by atoms with E-state index in [1.165, 1.54) is 17.5 Å². The summed E-state index contributed by atoms with van der Waals surface area (Å²) >= 11 is 0. The van der Waals surface area contributed by atoms with Gasteiger partial charge in [0.1, 0.15) is 11.5 Å². The molecule has 0 bridgehead atoms. The fourth-order valence-corrected chi connectivity index (χ4v) is 3.08. The van der Waals surface area contributed by atoms with Crippen LogP contribution < -0.4 is 9.47 Å². The average molecular weight is 282 g/mol. The number of benzene rings is 2. The number of hydrogen-bond donors (Lipinski definition) is 0. The second-order valence-electron chi connectivity index (χ2n) is 5.59. The van der Waals surface area contributed by atoms with E-state index in [-0.39, 0.29) is 0 Å². The lowest BCUT2D eigenvalue weighted by atomic mass is 10.0. The van der Waals surface area contributed by atoms with Crippen LogP contribution in [0.25, 0.3) is 0 Å². The summed E-state index contributed by atoms with van der Waals surface area (Å²) in [5.41, 5.74) is 2.67. The van der Waals surface area contributed by atoms with E-state index in [1.54, 1.807) is 7.11 Å². The molecule has 21 heavy (non-hydrogen) atoms. The lowest BCUT2D eigenvalue weighted by molar-refractivity contribution is 0.336. The van der Waals surface area contributed by atoms with Crippen LogP contribution in [-0.2, 0) is 6.42 Å². The van der Waals surface area contributed by atoms with Gasteiger partial charge in [0.15, 0.2) is 0 Å². The van der Waals surface area contributed by atoms with E-state index >= 15 is 0 Å². The topological polar surface area (TPSA) is 18.5 Å². The number of methoxy groups -OCH3 is 1. The van der Waals surface area contributed by atoms with E-state index in [9.17, 15) is 0 Å². The maximum Gasteiger partial charge on any atom is 0.122 e. The minimum atomic E-state index is 0.621. The van der Waals surface area contributed by atoms with Gasteiger partial charge in [-0.25, -0.2) is 0 Å². The molecule has 2 aromatic rings. The fraction of sp³-hybridized carbons (Fsp3) is 0.368. The number of rotatable bonds is 6. The highest BCUT2D eigenvalue weighted by Crippen LogP contribution is 2.52. The van der Waals surface area contributed by atoms with Gasteiger partial charge in [-0.3, -0.25) is 0 Å². The molecular formula is C19H22O2. The minimum Gasteiger partial charge on any atom is -0.496 e. The summed E-state index contributed by atoms with van der Waals surface area (Å²) in [6.07, 6.45) is 2.32. The van der Waals surface area contributed by atoms with Crippen LogP contribution >= 0.6 is 0 Å². The molecule has 3 rings (SSSR count). The molecule has 0 spiro atoms. The number of para-hydroxylation sites is 2. The van der Waals surface area contributed by atoms with E-state index in [0.29, 0.717) is 11.8 Å². The molecule has 1 aliphatic carbocycles. The first-order chi connectivity index (χ1) is 10.3. The first-order valence-electron chi connectivity index (χ1n) is 7.67. The van der Waals surface area contributed by atoms with Crippen LogP contribution in [0.15, 0.2) is 48.5 Å². The van der Waals surface area contributed by atoms with Gasteiger partial charge in [0, 0.05) is 0 Å². The summed E-state index contributed by atoms with van der Waals surface area (Å²) in [5.74, 6) is 3.37. The molecule has 1 aliphatic rings. The normalized spacial score (nSPS) is 20.1. The van der Waals surface area contributed by atoms with Crippen LogP contribution in [0.1, 0.15) is 30.4 Å². The second kappa shape index (κ2) is 6.21. The first kappa shape index (κ1) is 14.0. The Morgan fingerprint density at radius 1 is 1.00 bits per heavy atom. The van der Waals surface area contributed by atoms with Gasteiger partial charge in [-0.05, 0) is 54.9 Å². The van der Waals surface area contributed by atoms with Crippen molar-refractivity contribution in [3.8, 4) is 11.5 Å². The molecule has 0 saturated heterocycles. The zero-order valence-corrected chi connectivity index (χ0v) is 12.7. The molecule has 0 aliphatic heterocycles. The molecule has 1 saturated carbocycles. The van der Waals surface area contributed by atoms with E-state index in [1.807, 2.05) is 19.1 Å². The van der Waals surface area contributed by atoms with Crippen LogP contribution in [0, 0.1) is 5.92 Å². The Morgan fingerprint density at radius 2 is 1.71 bits per heavy atom. The van der Waals surface area contributed by atoms with Crippen molar-refractivity contribution in [3.05, 3.63) is 59.7 Å². The maximum absolute atomic E-state index is 5.73. The molecule has 0 aromatic heterocycles. The van der Waals surface area contributed by atoms with Crippen molar-refractivity contribution in [2.45, 2.75) is 25.7 Å². The van der Waals surface area contributed by atoms with Crippen LogP contribution in [0.4, 0.5) is 0 Å². The monoisotopic (exact) mass is 282 g/mol. The molecular weight excluding hydrogens is 260 g/mol. The zero-order chi connectivity index (χ0) is 14.7. The van der Waals surface area contributed by atoms with Gasteiger partial charge in [-0.2, -0.15) is 0 Å². The van der Waals surface area contributed by atoms with E-state index in [0.717, 1.165) is 24.5 Å².